The number of nitrogens with one attached hydrogen (secondary N) is 1. The van der Waals surface area contributed by atoms with Gasteiger partial charge in [0.05, 0.1) is 23.7 Å². The Balaban J connectivity index is 2.16. The fourth-order valence-electron chi connectivity index (χ4n) is 2.61. The highest BCUT2D eigenvalue weighted by atomic mass is 32.2. The van der Waals surface area contributed by atoms with Crippen molar-refractivity contribution in [2.45, 2.75) is 43.9 Å². The zero-order valence-electron chi connectivity index (χ0n) is 14.1. The van der Waals surface area contributed by atoms with Gasteiger partial charge in [-0.1, -0.05) is 0 Å². The first kappa shape index (κ1) is 18.9. The normalized spacial score (nSPS) is 23.7. The van der Waals surface area contributed by atoms with E-state index >= 15 is 0 Å². The van der Waals surface area contributed by atoms with E-state index in [4.69, 9.17) is 9.84 Å². The quantitative estimate of drug-likeness (QED) is 0.805. The summed E-state index contributed by atoms with van der Waals surface area (Å²) in [6.07, 6.45) is -0.318. The lowest BCUT2D eigenvalue weighted by molar-refractivity contribution is -0.0440. The number of sulfonamides is 1. The Morgan fingerprint density at radius 1 is 1.29 bits per heavy atom. The SMILES string of the molecule is CC1CN(S(=O)(=O)c2ccc(C(=O)N[C@@H](C)CO)cc2)CC(C)O1. The number of morpholine rings is 1. The molecule has 7 nitrogen and oxygen atoms in total. The predicted octanol–water partition coefficient (Wildman–Crippen LogP) is 0.595. The Labute approximate surface area is 142 Å². The van der Waals surface area contributed by atoms with Crippen molar-refractivity contribution in [2.24, 2.45) is 0 Å². The van der Waals surface area contributed by atoms with Gasteiger partial charge >= 0.3 is 0 Å². The molecule has 1 saturated heterocycles. The van der Waals surface area contributed by atoms with Gasteiger partial charge in [-0.05, 0) is 45.0 Å². The maximum Gasteiger partial charge on any atom is 0.251 e. The summed E-state index contributed by atoms with van der Waals surface area (Å²) in [5, 5.41) is 11.6. The summed E-state index contributed by atoms with van der Waals surface area (Å²) in [7, 11) is -3.62. The standard InChI is InChI=1S/C16H24N2O5S/c1-11(10-19)17-16(20)14-4-6-15(7-5-14)24(21,22)18-8-12(2)23-13(3)9-18/h4-7,11-13,19H,8-10H2,1-3H3,(H,17,20)/t11-,12?,13?/m0/s1. The van der Waals surface area contributed by atoms with Gasteiger partial charge in [-0.3, -0.25) is 4.79 Å². The molecule has 0 aromatic heterocycles. The maximum absolute atomic E-state index is 12.7. The smallest absolute Gasteiger partial charge is 0.251 e. The Morgan fingerprint density at radius 2 is 1.83 bits per heavy atom. The molecule has 1 amide bonds. The first-order valence-electron chi connectivity index (χ1n) is 7.91. The molecule has 3 atom stereocenters. The van der Waals surface area contributed by atoms with Crippen molar-refractivity contribution in [3.8, 4) is 0 Å². The third kappa shape index (κ3) is 4.32. The second-order valence-electron chi connectivity index (χ2n) is 6.16. The highest BCUT2D eigenvalue weighted by Gasteiger charge is 2.32. The van der Waals surface area contributed by atoms with Gasteiger partial charge in [0.2, 0.25) is 10.0 Å². The number of carbonyl (C=O) groups is 1. The summed E-state index contributed by atoms with van der Waals surface area (Å²) in [5.74, 6) is -0.353. The van der Waals surface area contributed by atoms with E-state index in [1.165, 1.54) is 28.6 Å². The van der Waals surface area contributed by atoms with Gasteiger partial charge in [0, 0.05) is 24.7 Å². The Morgan fingerprint density at radius 3 is 2.33 bits per heavy atom. The lowest BCUT2D eigenvalue weighted by atomic mass is 10.2. The second kappa shape index (κ2) is 7.60. The number of aliphatic hydroxyl groups excluding tert-OH is 1. The Hall–Kier alpha value is -1.48. The third-order valence-electron chi connectivity index (χ3n) is 3.79. The van der Waals surface area contributed by atoms with Gasteiger partial charge in [-0.15, -0.1) is 0 Å². The van der Waals surface area contributed by atoms with E-state index < -0.39 is 10.0 Å². The van der Waals surface area contributed by atoms with Crippen LogP contribution in [0, 0.1) is 0 Å². The van der Waals surface area contributed by atoms with Crippen LogP contribution in [0.25, 0.3) is 0 Å². The monoisotopic (exact) mass is 356 g/mol. The molecule has 1 aliphatic rings. The van der Waals surface area contributed by atoms with Gasteiger partial charge in [0.15, 0.2) is 0 Å². The Bertz CT molecular complexity index is 664. The summed E-state index contributed by atoms with van der Waals surface area (Å²) < 4.78 is 32.4. The maximum atomic E-state index is 12.7. The van der Waals surface area contributed by atoms with Gasteiger partial charge in [-0.2, -0.15) is 4.31 Å². The van der Waals surface area contributed by atoms with Crippen molar-refractivity contribution in [3.05, 3.63) is 29.8 Å². The van der Waals surface area contributed by atoms with Crippen molar-refractivity contribution < 1.29 is 23.1 Å². The molecule has 2 N–H and O–H groups in total. The van der Waals surface area contributed by atoms with Crippen LogP contribution in [-0.2, 0) is 14.8 Å². The number of amides is 1. The van der Waals surface area contributed by atoms with Crippen LogP contribution in [0.5, 0.6) is 0 Å². The van der Waals surface area contributed by atoms with Crippen molar-refractivity contribution in [1.82, 2.24) is 9.62 Å². The zero-order valence-corrected chi connectivity index (χ0v) is 14.9. The summed E-state index contributed by atoms with van der Waals surface area (Å²) in [6.45, 7) is 5.82. The minimum atomic E-state index is -3.62. The summed E-state index contributed by atoms with van der Waals surface area (Å²) in [6, 6.07) is 5.44. The van der Waals surface area contributed by atoms with Gasteiger partial charge in [-0.25, -0.2) is 8.42 Å². The van der Waals surface area contributed by atoms with Crippen molar-refractivity contribution >= 4 is 15.9 Å². The number of nitrogens with zero attached hydrogens (tertiary/aromatic N) is 1. The van der Waals surface area contributed by atoms with Crippen LogP contribution in [0.3, 0.4) is 0 Å². The minimum Gasteiger partial charge on any atom is -0.394 e. The number of carbonyl (C=O) groups excluding carboxylic acids is 1. The van der Waals surface area contributed by atoms with Crippen LogP contribution in [-0.4, -0.2) is 61.7 Å². The molecule has 1 aromatic rings. The molecule has 1 heterocycles. The Kier molecular flexibility index (Phi) is 5.97. The van der Waals surface area contributed by atoms with Crippen LogP contribution >= 0.6 is 0 Å². The van der Waals surface area contributed by atoms with Crippen LogP contribution in [0.15, 0.2) is 29.2 Å². The fraction of sp³-hybridized carbons (Fsp3) is 0.562. The molecule has 0 saturated carbocycles. The molecule has 0 radical (unpaired) electrons. The number of hydrogen-bond donors (Lipinski definition) is 2. The molecule has 1 aliphatic heterocycles. The molecule has 24 heavy (non-hydrogen) atoms. The first-order chi connectivity index (χ1) is 11.2. The molecule has 1 fully saturated rings. The van der Waals surface area contributed by atoms with E-state index in [9.17, 15) is 13.2 Å². The van der Waals surface area contributed by atoms with Crippen LogP contribution < -0.4 is 5.32 Å². The summed E-state index contributed by atoms with van der Waals surface area (Å²) in [5.41, 5.74) is 0.345. The third-order valence-corrected chi connectivity index (χ3v) is 5.64. The van der Waals surface area contributed by atoms with Crippen LogP contribution in [0.1, 0.15) is 31.1 Å². The molecular formula is C16H24N2O5S. The highest BCUT2D eigenvalue weighted by molar-refractivity contribution is 7.89. The van der Waals surface area contributed by atoms with E-state index in [1.807, 2.05) is 13.8 Å². The van der Waals surface area contributed by atoms with Crippen molar-refractivity contribution in [1.29, 1.82) is 0 Å². The lowest BCUT2D eigenvalue weighted by Gasteiger charge is -2.34. The van der Waals surface area contributed by atoms with E-state index in [1.54, 1.807) is 6.92 Å². The van der Waals surface area contributed by atoms with Gasteiger partial charge in [0.1, 0.15) is 0 Å². The number of hydrogen-bond acceptors (Lipinski definition) is 5. The highest BCUT2D eigenvalue weighted by Crippen LogP contribution is 2.21. The molecule has 0 bridgehead atoms. The number of ether oxygens (including phenoxy) is 1. The average molecular weight is 356 g/mol. The van der Waals surface area contributed by atoms with Gasteiger partial charge < -0.3 is 15.2 Å². The molecule has 2 rings (SSSR count). The molecule has 8 heteroatoms. The predicted molar refractivity (Wildman–Crippen MR) is 89.2 cm³/mol. The topological polar surface area (TPSA) is 95.9 Å². The largest absolute Gasteiger partial charge is 0.394 e. The molecule has 134 valence electrons. The number of rotatable bonds is 5. The van der Waals surface area contributed by atoms with Crippen molar-refractivity contribution in [3.63, 3.8) is 0 Å². The van der Waals surface area contributed by atoms with Crippen molar-refractivity contribution in [2.75, 3.05) is 19.7 Å². The van der Waals surface area contributed by atoms with E-state index in [0.29, 0.717) is 18.7 Å². The first-order valence-corrected chi connectivity index (χ1v) is 9.35. The lowest BCUT2D eigenvalue weighted by Crippen LogP contribution is -2.48. The van der Waals surface area contributed by atoms with E-state index in [-0.39, 0.29) is 35.7 Å². The number of benzene rings is 1. The fourth-order valence-corrected chi connectivity index (χ4v) is 4.20. The second-order valence-corrected chi connectivity index (χ2v) is 8.10. The average Bonchev–Trinajstić information content (AvgIpc) is 2.53. The molecular weight excluding hydrogens is 332 g/mol. The van der Waals surface area contributed by atoms with Crippen LogP contribution in [0.4, 0.5) is 0 Å². The van der Waals surface area contributed by atoms with E-state index in [0.717, 1.165) is 0 Å². The molecule has 1 aromatic carbocycles. The minimum absolute atomic E-state index is 0.149. The zero-order chi connectivity index (χ0) is 17.9. The molecule has 0 spiro atoms. The van der Waals surface area contributed by atoms with Crippen LogP contribution in [0.2, 0.25) is 0 Å². The summed E-state index contributed by atoms with van der Waals surface area (Å²) in [4.78, 5) is 12.1. The molecule has 0 aliphatic carbocycles. The molecule has 2 unspecified atom stereocenters. The summed E-state index contributed by atoms with van der Waals surface area (Å²) >= 11 is 0. The van der Waals surface area contributed by atoms with E-state index in [2.05, 4.69) is 5.32 Å². The van der Waals surface area contributed by atoms with Gasteiger partial charge in [0.25, 0.3) is 5.91 Å². The number of aliphatic hydroxyl groups is 1.